The average Bonchev–Trinajstić information content (AvgIpc) is 3.32. The van der Waals surface area contributed by atoms with Crippen molar-refractivity contribution in [2.75, 3.05) is 6.54 Å². The second-order valence-corrected chi connectivity index (χ2v) is 8.90. The number of nitrogens with zero attached hydrogens (tertiary/aromatic N) is 2. The summed E-state index contributed by atoms with van der Waals surface area (Å²) in [5.74, 6) is 1.08. The summed E-state index contributed by atoms with van der Waals surface area (Å²) in [6, 6.07) is 16.9. The molecule has 0 spiro atoms. The first-order valence-corrected chi connectivity index (χ1v) is 11.4. The molecule has 31 heavy (non-hydrogen) atoms. The Bertz CT molecular complexity index is 1180. The molecule has 0 bridgehead atoms. The molecule has 1 fully saturated rings. The van der Waals surface area contributed by atoms with Crippen LogP contribution in [0, 0.1) is 6.92 Å². The first kappa shape index (κ1) is 21.8. The third kappa shape index (κ3) is 4.74. The molecule has 2 heterocycles. The quantitative estimate of drug-likeness (QED) is 0.361. The summed E-state index contributed by atoms with van der Waals surface area (Å²) in [7, 11) is 0. The molecule has 158 valence electrons. The fourth-order valence-electron chi connectivity index (χ4n) is 3.14. The van der Waals surface area contributed by atoms with Gasteiger partial charge in [0.05, 0.1) is 20.6 Å². The number of rotatable bonds is 5. The number of aliphatic imine (C=N–C) groups is 1. The number of hydrogen-bond acceptors (Lipinski definition) is 4. The highest BCUT2D eigenvalue weighted by molar-refractivity contribution is 8.18. The van der Waals surface area contributed by atoms with Crippen LogP contribution in [0.2, 0.25) is 10.0 Å². The van der Waals surface area contributed by atoms with Crippen molar-refractivity contribution >= 4 is 57.8 Å². The Labute approximate surface area is 195 Å². The number of aryl methyl sites for hydroxylation is 1. The van der Waals surface area contributed by atoms with E-state index in [4.69, 9.17) is 32.6 Å². The lowest BCUT2D eigenvalue weighted by Gasteiger charge is -2.13. The van der Waals surface area contributed by atoms with E-state index in [0.29, 0.717) is 43.7 Å². The van der Waals surface area contributed by atoms with Gasteiger partial charge in [-0.15, -0.1) is 0 Å². The first-order chi connectivity index (χ1) is 15.0. The Kier molecular flexibility index (Phi) is 6.56. The monoisotopic (exact) mass is 470 g/mol. The van der Waals surface area contributed by atoms with Crippen LogP contribution in [-0.4, -0.2) is 22.5 Å². The number of furan rings is 1. The predicted octanol–water partition coefficient (Wildman–Crippen LogP) is 7.58. The van der Waals surface area contributed by atoms with E-state index in [1.165, 1.54) is 17.3 Å². The van der Waals surface area contributed by atoms with Crippen molar-refractivity contribution in [1.29, 1.82) is 0 Å². The minimum Gasteiger partial charge on any atom is -0.457 e. The molecule has 0 atom stereocenters. The Balaban J connectivity index is 1.63. The summed E-state index contributed by atoms with van der Waals surface area (Å²) in [6.07, 6.45) is 2.58. The standard InChI is InChI=1S/C24H20Cl2N2O2S/c1-3-13-28-23(29)21(31-24(28)27-16-9-7-15(2)8-10-16)14-17-11-12-20(30-17)18-5-4-6-19(25)22(18)26/h4-12,14H,3,13H2,1-2H3/b21-14+,27-24?. The van der Waals surface area contributed by atoms with Crippen LogP contribution in [0.3, 0.4) is 0 Å². The molecule has 1 aliphatic rings. The van der Waals surface area contributed by atoms with E-state index < -0.39 is 0 Å². The minimum absolute atomic E-state index is 0.0727. The molecule has 1 aromatic heterocycles. The Morgan fingerprint density at radius 3 is 2.61 bits per heavy atom. The van der Waals surface area contributed by atoms with Gasteiger partial charge in [0.15, 0.2) is 5.17 Å². The third-order valence-electron chi connectivity index (χ3n) is 4.71. The van der Waals surface area contributed by atoms with Gasteiger partial charge in [-0.05, 0) is 61.5 Å². The Morgan fingerprint density at radius 2 is 1.87 bits per heavy atom. The maximum Gasteiger partial charge on any atom is 0.266 e. The van der Waals surface area contributed by atoms with E-state index in [1.807, 2.05) is 62.4 Å². The van der Waals surface area contributed by atoms with Crippen LogP contribution in [0.25, 0.3) is 17.4 Å². The van der Waals surface area contributed by atoms with Crippen molar-refractivity contribution in [3.63, 3.8) is 0 Å². The molecule has 0 N–H and O–H groups in total. The average molecular weight is 471 g/mol. The van der Waals surface area contributed by atoms with Crippen LogP contribution in [0.15, 0.2) is 68.9 Å². The van der Waals surface area contributed by atoms with E-state index in [9.17, 15) is 4.79 Å². The lowest BCUT2D eigenvalue weighted by Crippen LogP contribution is -2.29. The van der Waals surface area contributed by atoms with E-state index in [1.54, 1.807) is 17.0 Å². The number of hydrogen-bond donors (Lipinski definition) is 0. The zero-order valence-corrected chi connectivity index (χ0v) is 19.4. The lowest BCUT2D eigenvalue weighted by atomic mass is 10.2. The van der Waals surface area contributed by atoms with E-state index in [2.05, 4.69) is 0 Å². The van der Waals surface area contributed by atoms with E-state index in [0.717, 1.165) is 12.1 Å². The van der Waals surface area contributed by atoms with E-state index >= 15 is 0 Å². The summed E-state index contributed by atoms with van der Waals surface area (Å²) in [6.45, 7) is 4.68. The van der Waals surface area contributed by atoms with Gasteiger partial charge >= 0.3 is 0 Å². The van der Waals surface area contributed by atoms with Gasteiger partial charge in [0.2, 0.25) is 0 Å². The topological polar surface area (TPSA) is 45.8 Å². The maximum atomic E-state index is 13.0. The van der Waals surface area contributed by atoms with Gasteiger partial charge in [0, 0.05) is 18.2 Å². The molecule has 4 nitrogen and oxygen atoms in total. The van der Waals surface area contributed by atoms with Crippen molar-refractivity contribution in [2.24, 2.45) is 4.99 Å². The smallest absolute Gasteiger partial charge is 0.266 e. The van der Waals surface area contributed by atoms with Crippen LogP contribution in [0.4, 0.5) is 5.69 Å². The van der Waals surface area contributed by atoms with Gasteiger partial charge in [-0.25, -0.2) is 4.99 Å². The molecule has 2 aromatic carbocycles. The minimum atomic E-state index is -0.0727. The van der Waals surface area contributed by atoms with Crippen LogP contribution < -0.4 is 0 Å². The highest BCUT2D eigenvalue weighted by atomic mass is 35.5. The summed E-state index contributed by atoms with van der Waals surface area (Å²) in [4.78, 5) is 20.0. The Hall–Kier alpha value is -2.47. The van der Waals surface area contributed by atoms with Gasteiger partial charge in [-0.3, -0.25) is 9.69 Å². The van der Waals surface area contributed by atoms with E-state index in [-0.39, 0.29) is 5.91 Å². The number of carbonyl (C=O) groups excluding carboxylic acids is 1. The molecule has 0 saturated carbocycles. The van der Waals surface area contributed by atoms with Gasteiger partial charge in [0.25, 0.3) is 5.91 Å². The van der Waals surface area contributed by atoms with Crippen molar-refractivity contribution in [1.82, 2.24) is 4.90 Å². The van der Waals surface area contributed by atoms with Crippen LogP contribution in [0.5, 0.6) is 0 Å². The summed E-state index contributed by atoms with van der Waals surface area (Å²) in [5.41, 5.74) is 2.69. The van der Waals surface area contributed by atoms with Crippen LogP contribution in [0.1, 0.15) is 24.7 Å². The molecule has 7 heteroatoms. The van der Waals surface area contributed by atoms with Crippen molar-refractivity contribution in [3.8, 4) is 11.3 Å². The van der Waals surface area contributed by atoms with Crippen molar-refractivity contribution in [2.45, 2.75) is 20.3 Å². The molecule has 0 unspecified atom stereocenters. The maximum absolute atomic E-state index is 13.0. The highest BCUT2D eigenvalue weighted by Gasteiger charge is 2.33. The number of benzene rings is 2. The first-order valence-electron chi connectivity index (χ1n) is 9.87. The van der Waals surface area contributed by atoms with Crippen LogP contribution >= 0.6 is 35.0 Å². The SMILES string of the molecule is CCCN1C(=O)/C(=C\c2ccc(-c3cccc(Cl)c3Cl)o2)SC1=Nc1ccc(C)cc1. The third-order valence-corrected chi connectivity index (χ3v) is 6.54. The largest absolute Gasteiger partial charge is 0.457 e. The highest BCUT2D eigenvalue weighted by Crippen LogP contribution is 2.37. The van der Waals surface area contributed by atoms with Gasteiger partial charge < -0.3 is 4.42 Å². The fraction of sp³-hybridized carbons (Fsp3) is 0.167. The Morgan fingerprint density at radius 1 is 1.10 bits per heavy atom. The summed E-state index contributed by atoms with van der Waals surface area (Å²) < 4.78 is 5.93. The normalized spacial score (nSPS) is 16.6. The number of halogens is 2. The van der Waals surface area contributed by atoms with Gasteiger partial charge in [0.1, 0.15) is 11.5 Å². The molecule has 0 radical (unpaired) electrons. The zero-order valence-electron chi connectivity index (χ0n) is 17.1. The molecule has 1 saturated heterocycles. The number of thioether (sulfide) groups is 1. The van der Waals surface area contributed by atoms with Crippen LogP contribution in [-0.2, 0) is 4.79 Å². The van der Waals surface area contributed by atoms with Gasteiger partial charge in [-0.2, -0.15) is 0 Å². The second kappa shape index (κ2) is 9.35. The molecule has 1 aliphatic heterocycles. The van der Waals surface area contributed by atoms with Crippen molar-refractivity contribution < 1.29 is 9.21 Å². The van der Waals surface area contributed by atoms with Gasteiger partial charge in [-0.1, -0.05) is 53.9 Å². The summed E-state index contributed by atoms with van der Waals surface area (Å²) in [5, 5.41) is 1.57. The number of carbonyl (C=O) groups is 1. The van der Waals surface area contributed by atoms with Crippen molar-refractivity contribution in [3.05, 3.63) is 80.9 Å². The lowest BCUT2D eigenvalue weighted by molar-refractivity contribution is -0.122. The number of amides is 1. The molecular weight excluding hydrogens is 451 g/mol. The molecular formula is C24H20Cl2N2O2S. The molecule has 0 aliphatic carbocycles. The molecule has 3 aromatic rings. The predicted molar refractivity (Wildman–Crippen MR) is 130 cm³/mol. The molecule has 4 rings (SSSR count). The summed E-state index contributed by atoms with van der Waals surface area (Å²) >= 11 is 13.8. The second-order valence-electron chi connectivity index (χ2n) is 7.10. The number of amidine groups is 1. The fourth-order valence-corrected chi connectivity index (χ4v) is 4.54. The zero-order chi connectivity index (χ0) is 22.0. The molecule has 1 amide bonds.